The molecule has 5 aromatic rings. The van der Waals surface area contributed by atoms with Gasteiger partial charge in [0.1, 0.15) is 11.4 Å². The molecule has 0 saturated carbocycles. The monoisotopic (exact) mass is 535 g/mol. The van der Waals surface area contributed by atoms with Crippen molar-refractivity contribution in [3.63, 3.8) is 0 Å². The number of amides is 1. The molecule has 1 aromatic heterocycles. The number of nitro groups is 1. The second-order valence-electron chi connectivity index (χ2n) is 8.87. The molecule has 6 rings (SSSR count). The molecule has 39 heavy (non-hydrogen) atoms. The van der Waals surface area contributed by atoms with E-state index in [4.69, 9.17) is 9.84 Å². The van der Waals surface area contributed by atoms with E-state index in [1.165, 1.54) is 17.4 Å². The van der Waals surface area contributed by atoms with Crippen LogP contribution in [0.25, 0.3) is 22.0 Å². The van der Waals surface area contributed by atoms with Gasteiger partial charge < -0.3 is 10.1 Å². The summed E-state index contributed by atoms with van der Waals surface area (Å²) in [4.78, 5) is 28.2. The molecule has 0 bridgehead atoms. The van der Waals surface area contributed by atoms with Gasteiger partial charge in [0, 0.05) is 17.0 Å². The molecule has 1 amide bonds. The molecule has 0 spiro atoms. The maximum absolute atomic E-state index is 11.9. The van der Waals surface area contributed by atoms with Gasteiger partial charge in [-0.1, -0.05) is 48.5 Å². The Kier molecular flexibility index (Phi) is 6.22. The summed E-state index contributed by atoms with van der Waals surface area (Å²) in [5.74, 6) is 0.357. The van der Waals surface area contributed by atoms with E-state index in [-0.39, 0.29) is 23.9 Å². The van der Waals surface area contributed by atoms with Gasteiger partial charge in [0.05, 0.1) is 22.0 Å². The summed E-state index contributed by atoms with van der Waals surface area (Å²) in [6.45, 7) is 1.88. The maximum atomic E-state index is 11.9. The van der Waals surface area contributed by atoms with Crippen molar-refractivity contribution in [2.75, 3.05) is 11.9 Å². The summed E-state index contributed by atoms with van der Waals surface area (Å²) in [5.41, 5.74) is 3.85. The van der Waals surface area contributed by atoms with Crippen molar-refractivity contribution in [1.29, 1.82) is 0 Å². The van der Waals surface area contributed by atoms with Gasteiger partial charge in [0.15, 0.2) is 6.61 Å². The lowest BCUT2D eigenvalue weighted by atomic mass is 10.0. The van der Waals surface area contributed by atoms with Crippen LogP contribution in [0.5, 0.6) is 5.75 Å². The second-order valence-corrected chi connectivity index (χ2v) is 9.70. The van der Waals surface area contributed by atoms with Crippen molar-refractivity contribution in [2.24, 2.45) is 10.1 Å². The van der Waals surface area contributed by atoms with Crippen LogP contribution in [-0.4, -0.2) is 27.8 Å². The van der Waals surface area contributed by atoms with E-state index in [1.54, 1.807) is 28.9 Å². The standard InChI is InChI=1S/C29H21N5O4S/c1-18(20-11-10-19-6-2-3-7-21(19)14-20)32-33-26(22-12-13-27-24(15-22)30-28(35)16-38-27)17-39-29(33)31-23-8-4-5-9-25(23)34(36)37/h2-15,17H,16H2,1H3,(H,30,35). The number of anilines is 1. The Balaban J connectivity index is 1.53. The number of nitrogens with zero attached hydrogens (tertiary/aromatic N) is 4. The quantitative estimate of drug-likeness (QED) is 0.166. The van der Waals surface area contributed by atoms with Gasteiger partial charge in [-0.25, -0.2) is 9.67 Å². The second kappa shape index (κ2) is 9.99. The molecule has 2 heterocycles. The number of para-hydroxylation sites is 2. The van der Waals surface area contributed by atoms with E-state index in [1.807, 2.05) is 54.8 Å². The van der Waals surface area contributed by atoms with Crippen molar-refractivity contribution >= 4 is 50.8 Å². The zero-order chi connectivity index (χ0) is 26.9. The van der Waals surface area contributed by atoms with Crippen molar-refractivity contribution in [1.82, 2.24) is 4.68 Å². The molecular weight excluding hydrogens is 514 g/mol. The molecule has 1 N–H and O–H groups in total. The van der Waals surface area contributed by atoms with E-state index < -0.39 is 4.92 Å². The molecule has 0 aliphatic carbocycles. The third-order valence-corrected chi connectivity index (χ3v) is 7.12. The summed E-state index contributed by atoms with van der Waals surface area (Å²) in [6, 6.07) is 26.1. The highest BCUT2D eigenvalue weighted by Gasteiger charge is 2.19. The number of carbonyl (C=O) groups excluding carboxylic acids is 1. The van der Waals surface area contributed by atoms with Crippen LogP contribution in [-0.2, 0) is 4.79 Å². The summed E-state index contributed by atoms with van der Waals surface area (Å²) in [6.07, 6.45) is 0. The van der Waals surface area contributed by atoms with Gasteiger partial charge >= 0.3 is 0 Å². The van der Waals surface area contributed by atoms with Crippen LogP contribution in [0.3, 0.4) is 0 Å². The molecule has 9 nitrogen and oxygen atoms in total. The largest absolute Gasteiger partial charge is 0.482 e. The maximum Gasteiger partial charge on any atom is 0.294 e. The predicted octanol–water partition coefficient (Wildman–Crippen LogP) is 6.11. The predicted molar refractivity (Wildman–Crippen MR) is 152 cm³/mol. The molecule has 1 aliphatic rings. The molecule has 10 heteroatoms. The minimum atomic E-state index is -0.451. The third kappa shape index (κ3) is 4.80. The van der Waals surface area contributed by atoms with Gasteiger partial charge in [0.25, 0.3) is 11.6 Å². The number of nitrogens with one attached hydrogen (secondary N) is 1. The average Bonchev–Trinajstić information content (AvgIpc) is 3.34. The Morgan fingerprint density at radius 1 is 1.03 bits per heavy atom. The van der Waals surface area contributed by atoms with Crippen LogP contribution >= 0.6 is 11.3 Å². The first-order valence-corrected chi connectivity index (χ1v) is 12.9. The first kappa shape index (κ1) is 24.3. The van der Waals surface area contributed by atoms with Gasteiger partial charge in [-0.15, -0.1) is 11.3 Å². The zero-order valence-corrected chi connectivity index (χ0v) is 21.5. The van der Waals surface area contributed by atoms with Crippen molar-refractivity contribution in [3.8, 4) is 17.0 Å². The zero-order valence-electron chi connectivity index (χ0n) is 20.7. The van der Waals surface area contributed by atoms with Crippen LogP contribution < -0.4 is 14.9 Å². The first-order chi connectivity index (χ1) is 19.0. The highest BCUT2D eigenvalue weighted by molar-refractivity contribution is 7.07. The Hall–Kier alpha value is -5.09. The number of benzene rings is 4. The van der Waals surface area contributed by atoms with Crippen LogP contribution in [0.1, 0.15) is 12.5 Å². The molecule has 0 saturated heterocycles. The number of ether oxygens (including phenoxy) is 1. The molecule has 0 unspecified atom stereocenters. The van der Waals surface area contributed by atoms with Gasteiger partial charge in [-0.3, -0.25) is 14.9 Å². The minimum Gasteiger partial charge on any atom is -0.482 e. The fraction of sp³-hybridized carbons (Fsp3) is 0.0690. The highest BCUT2D eigenvalue weighted by atomic mass is 32.1. The van der Waals surface area contributed by atoms with Crippen molar-refractivity contribution in [3.05, 3.63) is 111 Å². The fourth-order valence-electron chi connectivity index (χ4n) is 4.35. The van der Waals surface area contributed by atoms with Crippen LogP contribution in [0.4, 0.5) is 17.1 Å². The Labute approximate surface area is 226 Å². The Morgan fingerprint density at radius 2 is 1.82 bits per heavy atom. The number of aromatic nitrogens is 1. The molecule has 1 aliphatic heterocycles. The Bertz CT molecular complexity index is 1870. The Morgan fingerprint density at radius 3 is 2.67 bits per heavy atom. The number of carbonyl (C=O) groups is 1. The summed E-state index contributed by atoms with van der Waals surface area (Å²) in [7, 11) is 0. The third-order valence-electron chi connectivity index (χ3n) is 6.31. The van der Waals surface area contributed by atoms with Crippen LogP contribution in [0.2, 0.25) is 0 Å². The molecule has 4 aromatic carbocycles. The SMILES string of the molecule is CC(=Nn1c(-c2ccc3c(c2)NC(=O)CO3)csc1=Nc1ccccc1[N+](=O)[O-])c1ccc2ccccc2c1. The first-order valence-electron chi connectivity index (χ1n) is 12.1. The van der Waals surface area contributed by atoms with E-state index in [9.17, 15) is 14.9 Å². The normalized spacial score (nSPS) is 13.6. The molecule has 0 fully saturated rings. The van der Waals surface area contributed by atoms with E-state index >= 15 is 0 Å². The van der Waals surface area contributed by atoms with Gasteiger partial charge in [-0.05, 0) is 53.6 Å². The lowest BCUT2D eigenvalue weighted by molar-refractivity contribution is -0.384. The lowest BCUT2D eigenvalue weighted by Crippen LogP contribution is -2.25. The lowest BCUT2D eigenvalue weighted by Gasteiger charge is -2.18. The minimum absolute atomic E-state index is 0.0288. The summed E-state index contributed by atoms with van der Waals surface area (Å²) in [5, 5.41) is 23.5. The van der Waals surface area contributed by atoms with Gasteiger partial charge in [0.2, 0.25) is 4.80 Å². The molecule has 0 radical (unpaired) electrons. The smallest absolute Gasteiger partial charge is 0.294 e. The number of fused-ring (bicyclic) bond motifs is 2. The van der Waals surface area contributed by atoms with E-state index in [0.717, 1.165) is 27.6 Å². The number of thiazole rings is 1. The number of hydrogen-bond acceptors (Lipinski definition) is 7. The summed E-state index contributed by atoms with van der Waals surface area (Å²) < 4.78 is 7.19. The van der Waals surface area contributed by atoms with Gasteiger partial charge in [-0.2, -0.15) is 5.10 Å². The molecule has 192 valence electrons. The fourth-order valence-corrected chi connectivity index (χ4v) is 5.20. The van der Waals surface area contributed by atoms with Crippen molar-refractivity contribution < 1.29 is 14.5 Å². The average molecular weight is 536 g/mol. The van der Waals surface area contributed by atoms with Crippen molar-refractivity contribution in [2.45, 2.75) is 6.92 Å². The van der Waals surface area contributed by atoms with Crippen LogP contribution in [0.15, 0.2) is 100 Å². The topological polar surface area (TPSA) is 111 Å². The molecular formula is C29H21N5O4S. The highest BCUT2D eigenvalue weighted by Crippen LogP contribution is 2.33. The number of nitro benzene ring substituents is 1. The summed E-state index contributed by atoms with van der Waals surface area (Å²) >= 11 is 1.31. The van der Waals surface area contributed by atoms with E-state index in [2.05, 4.69) is 22.4 Å². The number of rotatable bonds is 5. The molecule has 0 atom stereocenters. The van der Waals surface area contributed by atoms with E-state index in [0.29, 0.717) is 21.9 Å². The number of hydrogen-bond donors (Lipinski definition) is 1. The van der Waals surface area contributed by atoms with Crippen LogP contribution in [0, 0.1) is 10.1 Å².